The lowest BCUT2D eigenvalue weighted by atomic mass is 10.2. The van der Waals surface area contributed by atoms with E-state index in [4.69, 9.17) is 33.9 Å². The molecule has 0 aliphatic rings. The average molecular weight is 334 g/mol. The maximum atomic E-state index is 6.12. The van der Waals surface area contributed by atoms with E-state index in [1.807, 2.05) is 36.4 Å². The summed E-state index contributed by atoms with van der Waals surface area (Å²) in [5, 5.41) is 1.15. The monoisotopic (exact) mass is 333 g/mol. The van der Waals surface area contributed by atoms with E-state index in [1.165, 1.54) is 0 Å². The minimum absolute atomic E-state index is 0.573. The van der Waals surface area contributed by atoms with Crippen molar-refractivity contribution in [3.63, 3.8) is 0 Å². The van der Waals surface area contributed by atoms with Crippen LogP contribution >= 0.6 is 23.2 Å². The summed E-state index contributed by atoms with van der Waals surface area (Å²) in [5.41, 5.74) is 8.88. The zero-order valence-corrected chi connectivity index (χ0v) is 13.6. The summed E-state index contributed by atoms with van der Waals surface area (Å²) in [6, 6.07) is 13.9. The Bertz CT molecular complexity index is 796. The van der Waals surface area contributed by atoms with Crippen LogP contribution in [0.3, 0.4) is 0 Å². The Balaban J connectivity index is 2.01. The number of aromatic nitrogens is 2. The molecule has 0 unspecified atom stereocenters. The Morgan fingerprint density at radius 2 is 1.86 bits per heavy atom. The summed E-state index contributed by atoms with van der Waals surface area (Å²) in [6.07, 6.45) is 1.79. The minimum atomic E-state index is 0.573. The molecule has 0 fully saturated rings. The molecule has 3 nitrogen and oxygen atoms in total. The van der Waals surface area contributed by atoms with Crippen LogP contribution in [0.5, 0.6) is 0 Å². The number of hydrogen-bond donors (Lipinski definition) is 1. The molecule has 0 aliphatic carbocycles. The first-order chi connectivity index (χ1) is 10.7. The van der Waals surface area contributed by atoms with Gasteiger partial charge in [-0.3, -0.25) is 0 Å². The highest BCUT2D eigenvalue weighted by atomic mass is 35.5. The molecule has 3 rings (SSSR count). The standard InChI is InChI=1S/C17H17Cl2N3/c18-13-8-7-12(10-14(13)19)11-22-16-5-2-1-4-15(16)21-17(22)6-3-9-20/h1-2,4-5,7-8,10H,3,6,9,11,20H2. The Kier molecular flexibility index (Phi) is 4.67. The molecule has 1 aromatic heterocycles. The smallest absolute Gasteiger partial charge is 0.110 e. The third kappa shape index (κ3) is 3.12. The third-order valence-electron chi connectivity index (χ3n) is 3.66. The van der Waals surface area contributed by atoms with Crippen LogP contribution < -0.4 is 5.73 Å². The van der Waals surface area contributed by atoms with Gasteiger partial charge in [0.2, 0.25) is 0 Å². The molecule has 0 amide bonds. The molecule has 0 spiro atoms. The number of benzene rings is 2. The van der Waals surface area contributed by atoms with Gasteiger partial charge in [0.25, 0.3) is 0 Å². The van der Waals surface area contributed by atoms with Gasteiger partial charge in [-0.1, -0.05) is 41.4 Å². The van der Waals surface area contributed by atoms with E-state index in [2.05, 4.69) is 10.6 Å². The Morgan fingerprint density at radius 3 is 2.64 bits per heavy atom. The molecule has 1 heterocycles. The molecular weight excluding hydrogens is 317 g/mol. The van der Waals surface area contributed by atoms with E-state index >= 15 is 0 Å². The summed E-state index contributed by atoms with van der Waals surface area (Å²) in [7, 11) is 0. The van der Waals surface area contributed by atoms with Crippen molar-refractivity contribution in [3.05, 3.63) is 63.9 Å². The number of rotatable bonds is 5. The number of hydrogen-bond acceptors (Lipinski definition) is 2. The number of nitrogens with two attached hydrogens (primary N) is 1. The number of para-hydroxylation sites is 2. The quantitative estimate of drug-likeness (QED) is 0.757. The predicted octanol–water partition coefficient (Wildman–Crippen LogP) is 4.28. The lowest BCUT2D eigenvalue weighted by molar-refractivity contribution is 0.703. The summed E-state index contributed by atoms with van der Waals surface area (Å²) < 4.78 is 2.23. The third-order valence-corrected chi connectivity index (χ3v) is 4.40. The lowest BCUT2D eigenvalue weighted by Gasteiger charge is -2.10. The van der Waals surface area contributed by atoms with Gasteiger partial charge in [0.1, 0.15) is 5.82 Å². The minimum Gasteiger partial charge on any atom is -0.330 e. The molecule has 2 aromatic carbocycles. The fraction of sp³-hybridized carbons (Fsp3) is 0.235. The van der Waals surface area contributed by atoms with Crippen molar-refractivity contribution < 1.29 is 0 Å². The van der Waals surface area contributed by atoms with E-state index in [1.54, 1.807) is 0 Å². The first kappa shape index (κ1) is 15.3. The Morgan fingerprint density at radius 1 is 1.05 bits per heavy atom. The number of imidazole rings is 1. The summed E-state index contributed by atoms with van der Waals surface area (Å²) in [5.74, 6) is 1.05. The van der Waals surface area contributed by atoms with Gasteiger partial charge in [-0.05, 0) is 42.8 Å². The lowest BCUT2D eigenvalue weighted by Crippen LogP contribution is -2.08. The first-order valence-electron chi connectivity index (χ1n) is 7.27. The fourth-order valence-electron chi connectivity index (χ4n) is 2.57. The van der Waals surface area contributed by atoms with Crippen LogP contribution in [0.2, 0.25) is 10.0 Å². The molecule has 0 saturated heterocycles. The molecule has 22 heavy (non-hydrogen) atoms. The van der Waals surface area contributed by atoms with Gasteiger partial charge in [0, 0.05) is 13.0 Å². The highest BCUT2D eigenvalue weighted by Crippen LogP contribution is 2.25. The van der Waals surface area contributed by atoms with Crippen LogP contribution in [0.1, 0.15) is 17.8 Å². The van der Waals surface area contributed by atoms with Gasteiger partial charge in [-0.2, -0.15) is 0 Å². The highest BCUT2D eigenvalue weighted by Gasteiger charge is 2.11. The van der Waals surface area contributed by atoms with Crippen LogP contribution in [0.25, 0.3) is 11.0 Å². The molecular formula is C17H17Cl2N3. The molecule has 0 radical (unpaired) electrons. The topological polar surface area (TPSA) is 43.8 Å². The van der Waals surface area contributed by atoms with Crippen LogP contribution in [0, 0.1) is 0 Å². The molecule has 0 saturated carbocycles. The van der Waals surface area contributed by atoms with Crippen molar-refractivity contribution in [3.8, 4) is 0 Å². The van der Waals surface area contributed by atoms with Crippen LogP contribution in [-0.2, 0) is 13.0 Å². The fourth-order valence-corrected chi connectivity index (χ4v) is 2.89. The molecule has 2 N–H and O–H groups in total. The maximum Gasteiger partial charge on any atom is 0.110 e. The molecule has 3 aromatic rings. The summed E-state index contributed by atoms with van der Waals surface area (Å²) in [4.78, 5) is 4.73. The molecule has 114 valence electrons. The number of fused-ring (bicyclic) bond motifs is 1. The van der Waals surface area contributed by atoms with Gasteiger partial charge < -0.3 is 10.3 Å². The number of nitrogens with zero attached hydrogens (tertiary/aromatic N) is 2. The van der Waals surface area contributed by atoms with Gasteiger partial charge in [0.15, 0.2) is 0 Å². The van der Waals surface area contributed by atoms with Crippen molar-refractivity contribution in [1.29, 1.82) is 0 Å². The van der Waals surface area contributed by atoms with E-state index in [-0.39, 0.29) is 0 Å². The molecule has 0 bridgehead atoms. The largest absolute Gasteiger partial charge is 0.330 e. The summed E-state index contributed by atoms with van der Waals surface area (Å²) >= 11 is 12.1. The Hall–Kier alpha value is -1.55. The van der Waals surface area contributed by atoms with Gasteiger partial charge in [-0.25, -0.2) is 4.98 Å². The maximum absolute atomic E-state index is 6.12. The van der Waals surface area contributed by atoms with Gasteiger partial charge in [-0.15, -0.1) is 0 Å². The first-order valence-corrected chi connectivity index (χ1v) is 8.03. The zero-order chi connectivity index (χ0) is 15.5. The van der Waals surface area contributed by atoms with Crippen molar-refractivity contribution in [2.24, 2.45) is 5.73 Å². The van der Waals surface area contributed by atoms with Crippen molar-refractivity contribution >= 4 is 34.2 Å². The highest BCUT2D eigenvalue weighted by molar-refractivity contribution is 6.42. The van der Waals surface area contributed by atoms with Crippen LogP contribution in [0.4, 0.5) is 0 Å². The SMILES string of the molecule is NCCCc1nc2ccccc2n1Cc1ccc(Cl)c(Cl)c1. The second-order valence-electron chi connectivity index (χ2n) is 5.24. The van der Waals surface area contributed by atoms with Crippen molar-refractivity contribution in [2.45, 2.75) is 19.4 Å². The molecule has 0 atom stereocenters. The van der Waals surface area contributed by atoms with Crippen molar-refractivity contribution in [2.75, 3.05) is 6.54 Å². The van der Waals surface area contributed by atoms with E-state index < -0.39 is 0 Å². The molecule has 5 heteroatoms. The number of halogens is 2. The predicted molar refractivity (Wildman–Crippen MR) is 92.7 cm³/mol. The average Bonchev–Trinajstić information content (AvgIpc) is 2.87. The van der Waals surface area contributed by atoms with Crippen molar-refractivity contribution in [1.82, 2.24) is 9.55 Å². The zero-order valence-electron chi connectivity index (χ0n) is 12.1. The summed E-state index contributed by atoms with van der Waals surface area (Å²) in [6.45, 7) is 1.38. The number of aryl methyl sites for hydroxylation is 1. The second kappa shape index (κ2) is 6.69. The Labute approximate surface area is 139 Å². The van der Waals surface area contributed by atoms with Crippen LogP contribution in [-0.4, -0.2) is 16.1 Å². The second-order valence-corrected chi connectivity index (χ2v) is 6.06. The molecule has 0 aliphatic heterocycles. The van der Waals surface area contributed by atoms with E-state index in [0.717, 1.165) is 41.8 Å². The van der Waals surface area contributed by atoms with E-state index in [0.29, 0.717) is 16.6 Å². The van der Waals surface area contributed by atoms with Gasteiger partial charge >= 0.3 is 0 Å². The van der Waals surface area contributed by atoms with E-state index in [9.17, 15) is 0 Å². The van der Waals surface area contributed by atoms with Crippen LogP contribution in [0.15, 0.2) is 42.5 Å². The normalized spacial score (nSPS) is 11.2. The van der Waals surface area contributed by atoms with Gasteiger partial charge in [0.05, 0.1) is 21.1 Å².